The van der Waals surface area contributed by atoms with Crippen LogP contribution in [0.3, 0.4) is 0 Å². The minimum atomic E-state index is -1.28. The molecule has 130 valence electrons. The Bertz CT molecular complexity index is 790. The Hall–Kier alpha value is -3.16. The first-order valence-electron chi connectivity index (χ1n) is 7.74. The molecule has 3 rings (SSSR count). The molecule has 1 atom stereocenters. The van der Waals surface area contributed by atoms with Gasteiger partial charge in [-0.25, -0.2) is 4.79 Å². The number of furan rings is 1. The number of aromatic nitrogens is 1. The van der Waals surface area contributed by atoms with Crippen LogP contribution in [0.5, 0.6) is 0 Å². The van der Waals surface area contributed by atoms with Crippen LogP contribution in [0.4, 0.5) is 4.79 Å². The monoisotopic (exact) mass is 342 g/mol. The number of hydrogen-bond acceptors (Lipinski definition) is 5. The van der Waals surface area contributed by atoms with Crippen LogP contribution >= 0.6 is 0 Å². The number of nitrogens with zero attached hydrogens (tertiary/aromatic N) is 3. The normalized spacial score (nSPS) is 19.8. The summed E-state index contributed by atoms with van der Waals surface area (Å²) in [6.07, 6.45) is 3.06. The Morgan fingerprint density at radius 3 is 2.76 bits per heavy atom. The van der Waals surface area contributed by atoms with E-state index in [2.05, 4.69) is 10.3 Å². The predicted octanol–water partition coefficient (Wildman–Crippen LogP) is 1.10. The first-order chi connectivity index (χ1) is 11.9. The maximum atomic E-state index is 12.7. The molecule has 0 aromatic carbocycles. The van der Waals surface area contributed by atoms with E-state index < -0.39 is 17.5 Å². The number of urea groups is 1. The standard InChI is InChI=1S/C17H18N4O4/c1-17(13-7-3-4-8-18-13)15(23)21(16(24)19-17)11-14(22)20(2)10-12-6-5-9-25-12/h3-9H,10-11H2,1-2H3,(H,19,24). The van der Waals surface area contributed by atoms with Gasteiger partial charge in [-0.2, -0.15) is 0 Å². The molecule has 1 fully saturated rings. The quantitative estimate of drug-likeness (QED) is 0.821. The molecule has 25 heavy (non-hydrogen) atoms. The van der Waals surface area contributed by atoms with Crippen LogP contribution in [0.1, 0.15) is 18.4 Å². The van der Waals surface area contributed by atoms with Crippen LogP contribution in [0, 0.1) is 0 Å². The molecule has 1 unspecified atom stereocenters. The summed E-state index contributed by atoms with van der Waals surface area (Å²) in [5.41, 5.74) is -0.856. The van der Waals surface area contributed by atoms with Gasteiger partial charge in [0.05, 0.1) is 18.5 Å². The summed E-state index contributed by atoms with van der Waals surface area (Å²) in [6, 6.07) is 7.97. The molecular formula is C17H18N4O4. The molecule has 1 N–H and O–H groups in total. The molecule has 0 bridgehead atoms. The second-order valence-electron chi connectivity index (χ2n) is 5.99. The number of imide groups is 1. The van der Waals surface area contributed by atoms with E-state index in [1.165, 1.54) is 11.2 Å². The van der Waals surface area contributed by atoms with Crippen LogP contribution in [0.15, 0.2) is 47.2 Å². The fourth-order valence-electron chi connectivity index (χ4n) is 2.65. The fraction of sp³-hybridized carbons (Fsp3) is 0.294. The van der Waals surface area contributed by atoms with Crippen molar-refractivity contribution < 1.29 is 18.8 Å². The molecule has 8 heteroatoms. The van der Waals surface area contributed by atoms with Crippen molar-refractivity contribution in [3.8, 4) is 0 Å². The van der Waals surface area contributed by atoms with Gasteiger partial charge in [0, 0.05) is 13.2 Å². The SMILES string of the molecule is CN(Cc1ccco1)C(=O)CN1C(=O)NC(C)(c2ccccn2)C1=O. The minimum Gasteiger partial charge on any atom is -0.467 e. The summed E-state index contributed by atoms with van der Waals surface area (Å²) in [7, 11) is 1.58. The van der Waals surface area contributed by atoms with Crippen molar-refractivity contribution in [1.82, 2.24) is 20.1 Å². The third kappa shape index (κ3) is 3.10. The average Bonchev–Trinajstić information content (AvgIpc) is 3.18. The molecule has 0 spiro atoms. The second kappa shape index (κ2) is 6.39. The van der Waals surface area contributed by atoms with Gasteiger partial charge in [-0.3, -0.25) is 19.5 Å². The molecule has 0 aliphatic carbocycles. The zero-order valence-electron chi connectivity index (χ0n) is 13.9. The Kier molecular flexibility index (Phi) is 4.26. The molecule has 1 aliphatic rings. The third-order valence-corrected chi connectivity index (χ3v) is 4.14. The van der Waals surface area contributed by atoms with Gasteiger partial charge in [0.25, 0.3) is 5.91 Å². The van der Waals surface area contributed by atoms with Crippen molar-refractivity contribution in [1.29, 1.82) is 0 Å². The highest BCUT2D eigenvalue weighted by atomic mass is 16.3. The summed E-state index contributed by atoms with van der Waals surface area (Å²) in [5, 5.41) is 2.62. The van der Waals surface area contributed by atoms with E-state index in [1.54, 1.807) is 50.5 Å². The molecule has 8 nitrogen and oxygen atoms in total. The van der Waals surface area contributed by atoms with E-state index in [0.29, 0.717) is 11.5 Å². The van der Waals surface area contributed by atoms with Crippen LogP contribution in [0.2, 0.25) is 0 Å². The lowest BCUT2D eigenvalue weighted by molar-refractivity contribution is -0.138. The molecule has 0 radical (unpaired) electrons. The highest BCUT2D eigenvalue weighted by Crippen LogP contribution is 2.27. The number of rotatable bonds is 5. The largest absolute Gasteiger partial charge is 0.467 e. The second-order valence-corrected chi connectivity index (χ2v) is 5.99. The molecule has 3 heterocycles. The highest BCUT2D eigenvalue weighted by Gasteiger charge is 2.50. The number of carbonyl (C=O) groups is 3. The number of pyridine rings is 1. The number of likely N-dealkylation sites (N-methyl/N-ethyl adjacent to an activating group) is 1. The van der Waals surface area contributed by atoms with E-state index in [9.17, 15) is 14.4 Å². The van der Waals surface area contributed by atoms with Crippen LogP contribution in [0.25, 0.3) is 0 Å². The van der Waals surface area contributed by atoms with Crippen LogP contribution in [-0.2, 0) is 21.7 Å². The molecule has 1 saturated heterocycles. The van der Waals surface area contributed by atoms with Gasteiger partial charge in [-0.15, -0.1) is 0 Å². The molecule has 1 aliphatic heterocycles. The summed E-state index contributed by atoms with van der Waals surface area (Å²) < 4.78 is 5.20. The summed E-state index contributed by atoms with van der Waals surface area (Å²) in [5.74, 6) is -0.257. The summed E-state index contributed by atoms with van der Waals surface area (Å²) >= 11 is 0. The maximum absolute atomic E-state index is 12.7. The number of amides is 4. The zero-order valence-corrected chi connectivity index (χ0v) is 13.9. The van der Waals surface area contributed by atoms with E-state index in [4.69, 9.17) is 4.42 Å². The zero-order chi connectivity index (χ0) is 18.0. The third-order valence-electron chi connectivity index (χ3n) is 4.14. The highest BCUT2D eigenvalue weighted by molar-refractivity contribution is 6.08. The summed E-state index contributed by atoms with van der Waals surface area (Å²) in [6.45, 7) is 1.49. The minimum absolute atomic E-state index is 0.257. The Balaban J connectivity index is 1.71. The Labute approximate surface area is 144 Å². The van der Waals surface area contributed by atoms with Gasteiger partial charge in [0.2, 0.25) is 5.91 Å². The molecular weight excluding hydrogens is 324 g/mol. The summed E-state index contributed by atoms with van der Waals surface area (Å²) in [4.78, 5) is 43.8. The van der Waals surface area contributed by atoms with Crippen molar-refractivity contribution in [2.75, 3.05) is 13.6 Å². The maximum Gasteiger partial charge on any atom is 0.325 e. The van der Waals surface area contributed by atoms with Crippen LogP contribution in [-0.4, -0.2) is 46.2 Å². The number of carbonyl (C=O) groups excluding carboxylic acids is 3. The molecule has 2 aromatic heterocycles. The van der Waals surface area contributed by atoms with E-state index >= 15 is 0 Å². The smallest absolute Gasteiger partial charge is 0.325 e. The van der Waals surface area contributed by atoms with Crippen molar-refractivity contribution in [2.45, 2.75) is 19.0 Å². The van der Waals surface area contributed by atoms with E-state index in [1.807, 2.05) is 0 Å². The number of hydrogen-bond donors (Lipinski definition) is 1. The fourth-order valence-corrected chi connectivity index (χ4v) is 2.65. The van der Waals surface area contributed by atoms with Gasteiger partial charge in [-0.1, -0.05) is 6.07 Å². The van der Waals surface area contributed by atoms with Gasteiger partial charge < -0.3 is 14.6 Å². The molecule has 0 saturated carbocycles. The van der Waals surface area contributed by atoms with Crippen LogP contribution < -0.4 is 5.32 Å². The molecule has 4 amide bonds. The van der Waals surface area contributed by atoms with E-state index in [0.717, 1.165) is 4.90 Å². The van der Waals surface area contributed by atoms with Gasteiger partial charge in [-0.05, 0) is 31.2 Å². The lowest BCUT2D eigenvalue weighted by atomic mass is 9.97. The van der Waals surface area contributed by atoms with Crippen molar-refractivity contribution >= 4 is 17.8 Å². The van der Waals surface area contributed by atoms with Gasteiger partial charge in [0.15, 0.2) is 5.54 Å². The first-order valence-corrected chi connectivity index (χ1v) is 7.74. The van der Waals surface area contributed by atoms with Crippen molar-refractivity contribution in [2.24, 2.45) is 0 Å². The Morgan fingerprint density at radius 1 is 1.32 bits per heavy atom. The lowest BCUT2D eigenvalue weighted by Crippen LogP contribution is -2.43. The average molecular weight is 342 g/mol. The topological polar surface area (TPSA) is 95.8 Å². The number of nitrogens with one attached hydrogen (secondary N) is 1. The predicted molar refractivity (Wildman–Crippen MR) is 87.0 cm³/mol. The molecule has 2 aromatic rings. The Morgan fingerprint density at radius 2 is 2.12 bits per heavy atom. The van der Waals surface area contributed by atoms with E-state index in [-0.39, 0.29) is 19.0 Å². The van der Waals surface area contributed by atoms with Gasteiger partial charge in [0.1, 0.15) is 12.3 Å². The van der Waals surface area contributed by atoms with Crippen molar-refractivity contribution in [3.05, 3.63) is 54.2 Å². The first kappa shape index (κ1) is 16.7. The lowest BCUT2D eigenvalue weighted by Gasteiger charge is -2.22. The van der Waals surface area contributed by atoms with Gasteiger partial charge >= 0.3 is 6.03 Å². The van der Waals surface area contributed by atoms with Crippen molar-refractivity contribution in [3.63, 3.8) is 0 Å².